The molecule has 0 spiro atoms. The van der Waals surface area contributed by atoms with Crippen LogP contribution in [0.15, 0.2) is 18.3 Å². The first-order chi connectivity index (χ1) is 8.69. The summed E-state index contributed by atoms with van der Waals surface area (Å²) >= 11 is 0. The van der Waals surface area contributed by atoms with Crippen molar-refractivity contribution in [3.8, 4) is 0 Å². The number of hydrogen-bond acceptors (Lipinski definition) is 4. The Labute approximate surface area is 110 Å². The van der Waals surface area contributed by atoms with Crippen LogP contribution in [0.2, 0.25) is 0 Å². The number of hydrogen-bond donors (Lipinski definition) is 1. The zero-order valence-corrected chi connectivity index (χ0v) is 11.7. The molecular weight excluding hydrogens is 224 g/mol. The SMILES string of the molecule is CCNc1cc(CN2CCN(C)C(C)C2)ccn1. The first kappa shape index (κ1) is 13.3. The fourth-order valence-electron chi connectivity index (χ4n) is 2.38. The Balaban J connectivity index is 1.94. The molecule has 0 saturated carbocycles. The number of aromatic nitrogens is 1. The predicted octanol–water partition coefficient (Wildman–Crippen LogP) is 1.65. The van der Waals surface area contributed by atoms with E-state index in [0.29, 0.717) is 6.04 Å². The fraction of sp³-hybridized carbons (Fsp3) is 0.643. The van der Waals surface area contributed by atoms with Gasteiger partial charge in [-0.25, -0.2) is 4.98 Å². The standard InChI is InChI=1S/C14H24N4/c1-4-15-14-9-13(5-6-16-14)11-18-8-7-17(3)12(2)10-18/h5-6,9,12H,4,7-8,10-11H2,1-3H3,(H,15,16). The van der Waals surface area contributed by atoms with Gasteiger partial charge in [0.1, 0.15) is 5.82 Å². The Morgan fingerprint density at radius 1 is 1.44 bits per heavy atom. The monoisotopic (exact) mass is 248 g/mol. The van der Waals surface area contributed by atoms with E-state index in [4.69, 9.17) is 0 Å². The third-order valence-corrected chi connectivity index (χ3v) is 3.63. The third kappa shape index (κ3) is 3.43. The number of nitrogens with one attached hydrogen (secondary N) is 1. The summed E-state index contributed by atoms with van der Waals surface area (Å²) in [6.45, 7) is 9.79. The smallest absolute Gasteiger partial charge is 0.126 e. The molecule has 1 atom stereocenters. The van der Waals surface area contributed by atoms with Gasteiger partial charge in [0.2, 0.25) is 0 Å². The molecule has 1 saturated heterocycles. The largest absolute Gasteiger partial charge is 0.370 e. The quantitative estimate of drug-likeness (QED) is 0.878. The van der Waals surface area contributed by atoms with Gasteiger partial charge in [0.05, 0.1) is 0 Å². The number of piperazine rings is 1. The molecule has 100 valence electrons. The van der Waals surface area contributed by atoms with Gasteiger partial charge < -0.3 is 10.2 Å². The average molecular weight is 248 g/mol. The van der Waals surface area contributed by atoms with Crippen LogP contribution in [0.25, 0.3) is 0 Å². The van der Waals surface area contributed by atoms with Crippen molar-refractivity contribution in [2.24, 2.45) is 0 Å². The molecule has 4 heteroatoms. The highest BCUT2D eigenvalue weighted by Crippen LogP contribution is 2.13. The van der Waals surface area contributed by atoms with Crippen molar-refractivity contribution in [2.75, 3.05) is 38.5 Å². The van der Waals surface area contributed by atoms with E-state index in [1.807, 2.05) is 6.20 Å². The number of pyridine rings is 1. The van der Waals surface area contributed by atoms with E-state index in [-0.39, 0.29) is 0 Å². The van der Waals surface area contributed by atoms with Crippen LogP contribution in [0, 0.1) is 0 Å². The second kappa shape index (κ2) is 6.16. The molecule has 4 nitrogen and oxygen atoms in total. The van der Waals surface area contributed by atoms with Crippen molar-refractivity contribution in [1.29, 1.82) is 0 Å². The number of anilines is 1. The highest BCUT2D eigenvalue weighted by Gasteiger charge is 2.20. The maximum atomic E-state index is 4.31. The van der Waals surface area contributed by atoms with Crippen LogP contribution < -0.4 is 5.32 Å². The molecule has 0 amide bonds. The lowest BCUT2D eigenvalue weighted by molar-refractivity contribution is 0.1000. The minimum absolute atomic E-state index is 0.647. The molecule has 0 bridgehead atoms. The Morgan fingerprint density at radius 3 is 3.00 bits per heavy atom. The Hall–Kier alpha value is -1.13. The van der Waals surface area contributed by atoms with E-state index in [9.17, 15) is 0 Å². The van der Waals surface area contributed by atoms with Crippen molar-refractivity contribution in [3.05, 3.63) is 23.9 Å². The van der Waals surface area contributed by atoms with Crippen molar-refractivity contribution >= 4 is 5.82 Å². The first-order valence-electron chi connectivity index (χ1n) is 6.80. The summed E-state index contributed by atoms with van der Waals surface area (Å²) in [4.78, 5) is 9.26. The molecule has 1 aliphatic heterocycles. The third-order valence-electron chi connectivity index (χ3n) is 3.63. The maximum absolute atomic E-state index is 4.31. The average Bonchev–Trinajstić information content (AvgIpc) is 2.35. The van der Waals surface area contributed by atoms with Gasteiger partial charge >= 0.3 is 0 Å². The van der Waals surface area contributed by atoms with Crippen LogP contribution in [-0.4, -0.2) is 54.1 Å². The van der Waals surface area contributed by atoms with E-state index in [1.165, 1.54) is 5.56 Å². The van der Waals surface area contributed by atoms with E-state index >= 15 is 0 Å². The van der Waals surface area contributed by atoms with Gasteiger partial charge in [-0.1, -0.05) is 0 Å². The summed E-state index contributed by atoms with van der Waals surface area (Å²) in [5.41, 5.74) is 1.35. The molecule has 1 aromatic heterocycles. The molecule has 1 aromatic rings. The van der Waals surface area contributed by atoms with Crippen molar-refractivity contribution in [2.45, 2.75) is 26.4 Å². The summed E-state index contributed by atoms with van der Waals surface area (Å²) in [6.07, 6.45) is 1.90. The highest BCUT2D eigenvalue weighted by molar-refractivity contribution is 5.37. The summed E-state index contributed by atoms with van der Waals surface area (Å²) < 4.78 is 0. The summed E-state index contributed by atoms with van der Waals surface area (Å²) in [6, 6.07) is 4.92. The van der Waals surface area contributed by atoms with E-state index < -0.39 is 0 Å². The molecular formula is C14H24N4. The molecule has 1 N–H and O–H groups in total. The number of rotatable bonds is 4. The lowest BCUT2D eigenvalue weighted by Gasteiger charge is -2.37. The molecule has 0 aromatic carbocycles. The van der Waals surface area contributed by atoms with Crippen LogP contribution in [0.1, 0.15) is 19.4 Å². The highest BCUT2D eigenvalue weighted by atomic mass is 15.3. The van der Waals surface area contributed by atoms with Crippen molar-refractivity contribution in [3.63, 3.8) is 0 Å². The maximum Gasteiger partial charge on any atom is 0.126 e. The number of nitrogens with zero attached hydrogens (tertiary/aromatic N) is 3. The molecule has 1 aliphatic rings. The van der Waals surface area contributed by atoms with Crippen LogP contribution in [0.3, 0.4) is 0 Å². The van der Waals surface area contributed by atoms with E-state index in [2.05, 4.69) is 53.1 Å². The van der Waals surface area contributed by atoms with Gasteiger partial charge in [0, 0.05) is 45.0 Å². The zero-order chi connectivity index (χ0) is 13.0. The van der Waals surface area contributed by atoms with Crippen LogP contribution in [-0.2, 0) is 6.54 Å². The Kier molecular flexibility index (Phi) is 4.55. The topological polar surface area (TPSA) is 31.4 Å². The lowest BCUT2D eigenvalue weighted by atomic mass is 10.1. The molecule has 18 heavy (non-hydrogen) atoms. The summed E-state index contributed by atoms with van der Waals surface area (Å²) in [5.74, 6) is 0.983. The molecule has 2 rings (SSSR count). The first-order valence-corrected chi connectivity index (χ1v) is 6.80. The summed E-state index contributed by atoms with van der Waals surface area (Å²) in [7, 11) is 2.21. The van der Waals surface area contributed by atoms with Gasteiger partial charge in [-0.05, 0) is 38.6 Å². The Morgan fingerprint density at radius 2 is 2.28 bits per heavy atom. The van der Waals surface area contributed by atoms with Gasteiger partial charge in [-0.15, -0.1) is 0 Å². The van der Waals surface area contributed by atoms with Crippen LogP contribution in [0.4, 0.5) is 5.82 Å². The lowest BCUT2D eigenvalue weighted by Crippen LogP contribution is -2.49. The summed E-state index contributed by atoms with van der Waals surface area (Å²) in [5, 5.41) is 3.26. The van der Waals surface area contributed by atoms with Crippen LogP contribution in [0.5, 0.6) is 0 Å². The van der Waals surface area contributed by atoms with Crippen molar-refractivity contribution in [1.82, 2.24) is 14.8 Å². The molecule has 1 unspecified atom stereocenters. The zero-order valence-electron chi connectivity index (χ0n) is 11.7. The molecule has 0 radical (unpaired) electrons. The van der Waals surface area contributed by atoms with Gasteiger partial charge in [-0.3, -0.25) is 4.90 Å². The van der Waals surface area contributed by atoms with E-state index in [0.717, 1.165) is 38.5 Å². The minimum atomic E-state index is 0.647. The fourth-order valence-corrected chi connectivity index (χ4v) is 2.38. The van der Waals surface area contributed by atoms with Crippen molar-refractivity contribution < 1.29 is 0 Å². The second-order valence-electron chi connectivity index (χ2n) is 5.14. The number of likely N-dealkylation sites (N-methyl/N-ethyl adjacent to an activating group) is 1. The molecule has 1 fully saturated rings. The Bertz CT molecular complexity index is 380. The predicted molar refractivity (Wildman–Crippen MR) is 75.8 cm³/mol. The van der Waals surface area contributed by atoms with Gasteiger partial charge in [0.25, 0.3) is 0 Å². The van der Waals surface area contributed by atoms with Gasteiger partial charge in [0.15, 0.2) is 0 Å². The van der Waals surface area contributed by atoms with Crippen LogP contribution >= 0.6 is 0 Å². The van der Waals surface area contributed by atoms with Gasteiger partial charge in [-0.2, -0.15) is 0 Å². The normalized spacial score (nSPS) is 22.1. The molecule has 0 aliphatic carbocycles. The second-order valence-corrected chi connectivity index (χ2v) is 5.14. The molecule has 2 heterocycles. The van der Waals surface area contributed by atoms with E-state index in [1.54, 1.807) is 0 Å². The minimum Gasteiger partial charge on any atom is -0.370 e.